The maximum absolute atomic E-state index is 12.2. The normalized spacial score (nSPS) is 11.8. The zero-order valence-corrected chi connectivity index (χ0v) is 18.5. The van der Waals surface area contributed by atoms with E-state index in [0.29, 0.717) is 24.0 Å². The molecule has 1 aromatic carbocycles. The first-order valence-corrected chi connectivity index (χ1v) is 11.6. The van der Waals surface area contributed by atoms with Crippen LogP contribution in [0, 0.1) is 5.92 Å². The molecule has 30 heavy (non-hydrogen) atoms. The van der Waals surface area contributed by atoms with E-state index in [9.17, 15) is 19.5 Å². The highest BCUT2D eigenvalue weighted by atomic mass is 16.4. The Balaban J connectivity index is 2.15. The Morgan fingerprint density at radius 3 is 2.03 bits per heavy atom. The lowest BCUT2D eigenvalue weighted by atomic mass is 9.96. The second kappa shape index (κ2) is 16.6. The van der Waals surface area contributed by atoms with Crippen LogP contribution in [0.15, 0.2) is 24.3 Å². The number of aldehydes is 1. The fourth-order valence-corrected chi connectivity index (χ4v) is 3.67. The minimum absolute atomic E-state index is 0.0430. The van der Waals surface area contributed by atoms with E-state index in [1.54, 1.807) is 24.3 Å². The van der Waals surface area contributed by atoms with Crippen LogP contribution >= 0.6 is 0 Å². The number of rotatable bonds is 18. The van der Waals surface area contributed by atoms with Gasteiger partial charge in [0.25, 0.3) is 0 Å². The highest BCUT2D eigenvalue weighted by Crippen LogP contribution is 2.18. The van der Waals surface area contributed by atoms with Crippen molar-refractivity contribution in [3.63, 3.8) is 0 Å². The number of amides is 1. The summed E-state index contributed by atoms with van der Waals surface area (Å²) in [5.74, 6) is -1.92. The molecule has 0 aliphatic carbocycles. The summed E-state index contributed by atoms with van der Waals surface area (Å²) in [7, 11) is 0. The molecular weight excluding hydrogens is 378 g/mol. The van der Waals surface area contributed by atoms with Crippen LogP contribution in [0.4, 0.5) is 5.69 Å². The van der Waals surface area contributed by atoms with Crippen molar-refractivity contribution in [2.45, 2.75) is 96.8 Å². The summed E-state index contributed by atoms with van der Waals surface area (Å²) < 4.78 is 0. The third kappa shape index (κ3) is 12.4. The lowest BCUT2D eigenvalue weighted by molar-refractivity contribution is -0.143. The van der Waals surface area contributed by atoms with Crippen molar-refractivity contribution < 1.29 is 19.5 Å². The topological polar surface area (TPSA) is 83.5 Å². The molecule has 0 spiro atoms. The number of carbonyl (C=O) groups excluding carboxylic acids is 2. The molecular formula is C25H39NO4. The van der Waals surface area contributed by atoms with Gasteiger partial charge in [0, 0.05) is 17.7 Å². The highest BCUT2D eigenvalue weighted by Gasteiger charge is 2.20. The fraction of sp³-hybridized carbons (Fsp3) is 0.640. The van der Waals surface area contributed by atoms with Crippen molar-refractivity contribution in [1.29, 1.82) is 0 Å². The zero-order chi connectivity index (χ0) is 22.0. The van der Waals surface area contributed by atoms with Crippen LogP contribution in [-0.4, -0.2) is 23.3 Å². The van der Waals surface area contributed by atoms with Crippen molar-refractivity contribution >= 4 is 23.9 Å². The van der Waals surface area contributed by atoms with E-state index in [2.05, 4.69) is 12.2 Å². The monoisotopic (exact) mass is 417 g/mol. The summed E-state index contributed by atoms with van der Waals surface area (Å²) >= 11 is 0. The van der Waals surface area contributed by atoms with Gasteiger partial charge in [0.2, 0.25) is 5.91 Å². The van der Waals surface area contributed by atoms with Crippen LogP contribution in [0.1, 0.15) is 107 Å². The van der Waals surface area contributed by atoms with E-state index >= 15 is 0 Å². The van der Waals surface area contributed by atoms with Gasteiger partial charge in [0.1, 0.15) is 6.29 Å². The second-order valence-electron chi connectivity index (χ2n) is 8.21. The molecule has 0 fully saturated rings. The van der Waals surface area contributed by atoms with Gasteiger partial charge < -0.3 is 10.4 Å². The van der Waals surface area contributed by atoms with Gasteiger partial charge in [-0.1, -0.05) is 96.1 Å². The molecule has 0 aromatic heterocycles. The van der Waals surface area contributed by atoms with Crippen LogP contribution in [0.5, 0.6) is 0 Å². The third-order valence-corrected chi connectivity index (χ3v) is 5.49. The van der Waals surface area contributed by atoms with Crippen molar-refractivity contribution in [1.82, 2.24) is 0 Å². The van der Waals surface area contributed by atoms with Crippen molar-refractivity contribution in [2.75, 3.05) is 5.32 Å². The Labute approximate surface area is 181 Å². The molecule has 5 heteroatoms. The van der Waals surface area contributed by atoms with E-state index in [-0.39, 0.29) is 12.3 Å². The maximum Gasteiger partial charge on any atom is 0.307 e. The van der Waals surface area contributed by atoms with E-state index < -0.39 is 11.9 Å². The summed E-state index contributed by atoms with van der Waals surface area (Å²) in [5, 5.41) is 12.1. The third-order valence-electron chi connectivity index (χ3n) is 5.49. The van der Waals surface area contributed by atoms with Gasteiger partial charge in [0.05, 0.1) is 5.92 Å². The van der Waals surface area contributed by atoms with Crippen LogP contribution in [0.25, 0.3) is 0 Å². The van der Waals surface area contributed by atoms with Gasteiger partial charge in [-0.2, -0.15) is 0 Å². The molecule has 5 nitrogen and oxygen atoms in total. The van der Waals surface area contributed by atoms with E-state index in [4.69, 9.17) is 0 Å². The number of hydrogen-bond acceptors (Lipinski definition) is 3. The Bertz CT molecular complexity index is 629. The molecule has 0 saturated carbocycles. The van der Waals surface area contributed by atoms with Crippen molar-refractivity contribution in [2.24, 2.45) is 5.92 Å². The fourth-order valence-electron chi connectivity index (χ4n) is 3.67. The molecule has 0 bridgehead atoms. The van der Waals surface area contributed by atoms with Gasteiger partial charge in [-0.25, -0.2) is 0 Å². The molecule has 0 saturated heterocycles. The predicted octanol–water partition coefficient (Wildman–Crippen LogP) is 6.62. The van der Waals surface area contributed by atoms with Gasteiger partial charge in [0.15, 0.2) is 0 Å². The Morgan fingerprint density at radius 2 is 1.50 bits per heavy atom. The minimum atomic E-state index is -0.921. The van der Waals surface area contributed by atoms with Gasteiger partial charge in [-0.15, -0.1) is 0 Å². The molecule has 1 amide bonds. The Kier molecular flexibility index (Phi) is 14.3. The molecule has 168 valence electrons. The lowest BCUT2D eigenvalue weighted by Gasteiger charge is -2.12. The smallest absolute Gasteiger partial charge is 0.307 e. The van der Waals surface area contributed by atoms with Gasteiger partial charge >= 0.3 is 5.97 Å². The Hall–Kier alpha value is -2.17. The van der Waals surface area contributed by atoms with E-state index in [1.165, 1.54) is 57.8 Å². The average Bonchev–Trinajstić information content (AvgIpc) is 2.73. The summed E-state index contributed by atoms with van der Waals surface area (Å²) in [6.07, 6.45) is 16.0. The number of carboxylic acid groups (broad SMARTS) is 1. The average molecular weight is 418 g/mol. The molecule has 0 radical (unpaired) electrons. The van der Waals surface area contributed by atoms with E-state index in [0.717, 1.165) is 19.3 Å². The second-order valence-corrected chi connectivity index (χ2v) is 8.21. The van der Waals surface area contributed by atoms with Gasteiger partial charge in [-0.05, 0) is 18.6 Å². The van der Waals surface area contributed by atoms with Crippen LogP contribution in [-0.2, 0) is 9.59 Å². The van der Waals surface area contributed by atoms with Crippen molar-refractivity contribution in [3.05, 3.63) is 29.8 Å². The summed E-state index contributed by atoms with van der Waals surface area (Å²) in [6.45, 7) is 2.24. The number of carbonyl (C=O) groups is 3. The largest absolute Gasteiger partial charge is 0.481 e. The highest BCUT2D eigenvalue weighted by molar-refractivity contribution is 5.93. The number of benzene rings is 1. The molecule has 1 unspecified atom stereocenters. The molecule has 1 rings (SSSR count). The van der Waals surface area contributed by atoms with Gasteiger partial charge in [-0.3, -0.25) is 14.4 Å². The molecule has 0 aliphatic rings. The first-order valence-electron chi connectivity index (χ1n) is 11.6. The molecule has 0 heterocycles. The zero-order valence-electron chi connectivity index (χ0n) is 18.5. The minimum Gasteiger partial charge on any atom is -0.481 e. The van der Waals surface area contributed by atoms with Crippen molar-refractivity contribution in [3.8, 4) is 0 Å². The summed E-state index contributed by atoms with van der Waals surface area (Å²) in [4.78, 5) is 34.5. The molecule has 1 aromatic rings. The lowest BCUT2D eigenvalue weighted by Crippen LogP contribution is -2.22. The van der Waals surface area contributed by atoms with Crippen LogP contribution in [0.2, 0.25) is 0 Å². The molecule has 0 aliphatic heterocycles. The molecule has 2 N–H and O–H groups in total. The number of hydrogen-bond donors (Lipinski definition) is 2. The molecule has 1 atom stereocenters. The standard InChI is InChI=1S/C25H39NO4/c1-2-3-4-5-6-7-8-9-10-11-12-13-16-22(25(29)30)19-24(28)26-23-17-14-15-21(18-23)20-27/h14-15,17-18,20,22H,2-13,16,19H2,1H3,(H,26,28)(H,29,30). The quantitative estimate of drug-likeness (QED) is 0.208. The number of nitrogens with one attached hydrogen (secondary N) is 1. The Morgan fingerprint density at radius 1 is 0.933 bits per heavy atom. The maximum atomic E-state index is 12.2. The first kappa shape index (κ1) is 25.9. The van der Waals surface area contributed by atoms with Crippen LogP contribution in [0.3, 0.4) is 0 Å². The first-order chi connectivity index (χ1) is 14.6. The summed E-state index contributed by atoms with van der Waals surface area (Å²) in [5.41, 5.74) is 0.984. The number of unbranched alkanes of at least 4 members (excludes halogenated alkanes) is 11. The summed E-state index contributed by atoms with van der Waals surface area (Å²) in [6, 6.07) is 6.59. The SMILES string of the molecule is CCCCCCCCCCCCCCC(CC(=O)Nc1cccc(C=O)c1)C(=O)O. The number of anilines is 1. The predicted molar refractivity (Wildman–Crippen MR) is 122 cm³/mol. The van der Waals surface area contributed by atoms with E-state index in [1.807, 2.05) is 0 Å². The number of carboxylic acids is 1. The number of aliphatic carboxylic acids is 1. The van der Waals surface area contributed by atoms with Crippen LogP contribution < -0.4 is 5.32 Å².